The highest BCUT2D eigenvalue weighted by Gasteiger charge is 2.23. The zero-order chi connectivity index (χ0) is 19.2. The Morgan fingerprint density at radius 1 is 0.821 bits per heavy atom. The van der Waals surface area contributed by atoms with Crippen molar-refractivity contribution in [3.8, 4) is 0 Å². The molecule has 0 aromatic heterocycles. The summed E-state index contributed by atoms with van der Waals surface area (Å²) in [5.74, 6) is 0.672. The van der Waals surface area contributed by atoms with Crippen molar-refractivity contribution in [1.82, 2.24) is 4.90 Å². The molecule has 0 bridgehead atoms. The molecule has 3 aromatic rings. The Balaban J connectivity index is 1.80. The van der Waals surface area contributed by atoms with Gasteiger partial charge in [0.05, 0.1) is 12.6 Å². The summed E-state index contributed by atoms with van der Waals surface area (Å²) in [5.41, 5.74) is 3.17. The van der Waals surface area contributed by atoms with Crippen LogP contribution >= 0.6 is 0 Å². The lowest BCUT2D eigenvalue weighted by molar-refractivity contribution is -0.122. The molecule has 1 aliphatic heterocycles. The third kappa shape index (κ3) is 4.09. The highest BCUT2D eigenvalue weighted by Crippen LogP contribution is 2.26. The third-order valence-electron chi connectivity index (χ3n) is 4.82. The van der Waals surface area contributed by atoms with Gasteiger partial charge in [-0.15, -0.1) is 0 Å². The van der Waals surface area contributed by atoms with Crippen LogP contribution in [-0.4, -0.2) is 16.6 Å². The van der Waals surface area contributed by atoms with Crippen molar-refractivity contribution < 1.29 is 4.79 Å². The van der Waals surface area contributed by atoms with Crippen LogP contribution in [0.15, 0.2) is 108 Å². The van der Waals surface area contributed by atoms with Crippen LogP contribution in [0.5, 0.6) is 0 Å². The lowest BCUT2D eigenvalue weighted by Crippen LogP contribution is -2.37. The van der Waals surface area contributed by atoms with Gasteiger partial charge in [0, 0.05) is 5.56 Å². The Morgan fingerprint density at radius 3 is 2.11 bits per heavy atom. The van der Waals surface area contributed by atoms with E-state index in [1.54, 1.807) is 11.0 Å². The van der Waals surface area contributed by atoms with Crippen molar-refractivity contribution in [2.45, 2.75) is 19.0 Å². The van der Waals surface area contributed by atoms with Crippen LogP contribution in [0.1, 0.15) is 29.2 Å². The van der Waals surface area contributed by atoms with Gasteiger partial charge in [0.2, 0.25) is 0 Å². The van der Waals surface area contributed by atoms with Gasteiger partial charge in [-0.1, -0.05) is 97.1 Å². The number of hydrogen-bond donors (Lipinski definition) is 0. The van der Waals surface area contributed by atoms with Crippen molar-refractivity contribution in [1.29, 1.82) is 0 Å². The Kier molecular flexibility index (Phi) is 5.43. The van der Waals surface area contributed by atoms with Crippen molar-refractivity contribution >= 4 is 11.7 Å². The molecule has 138 valence electrons. The number of hydrogen-bond acceptors (Lipinski definition) is 2. The van der Waals surface area contributed by atoms with E-state index in [4.69, 9.17) is 4.99 Å². The summed E-state index contributed by atoms with van der Waals surface area (Å²) < 4.78 is 0. The fraction of sp³-hybridized carbons (Fsp3) is 0.120. The van der Waals surface area contributed by atoms with Crippen molar-refractivity contribution in [3.63, 3.8) is 0 Å². The van der Waals surface area contributed by atoms with Gasteiger partial charge in [0.15, 0.2) is 0 Å². The van der Waals surface area contributed by atoms with Crippen molar-refractivity contribution in [2.24, 2.45) is 4.99 Å². The maximum absolute atomic E-state index is 13.0. The molecule has 0 spiro atoms. The second kappa shape index (κ2) is 8.49. The van der Waals surface area contributed by atoms with Crippen LogP contribution in [0.2, 0.25) is 0 Å². The molecular weight excluding hydrogens is 344 g/mol. The van der Waals surface area contributed by atoms with E-state index >= 15 is 0 Å². The largest absolute Gasteiger partial charge is 0.289 e. The summed E-state index contributed by atoms with van der Waals surface area (Å²) in [6.07, 6.45) is 4.31. The van der Waals surface area contributed by atoms with E-state index in [2.05, 4.69) is 12.1 Å². The average Bonchev–Trinajstić information content (AvgIpc) is 2.75. The standard InChI is InChI=1S/C25H22N2O/c28-24-18-10-17-23(21-13-6-2-7-14-21)26-25(22-15-8-3-9-16-22)27(24)19-20-11-4-1-5-12-20/h1-16,18,23H,17,19H2/b18-10-,26-25?. The van der Waals surface area contributed by atoms with Gasteiger partial charge < -0.3 is 0 Å². The Bertz CT molecular complexity index is 979. The normalized spacial score (nSPS) is 18.1. The second-order valence-electron chi connectivity index (χ2n) is 6.79. The third-order valence-corrected chi connectivity index (χ3v) is 4.82. The fourth-order valence-electron chi connectivity index (χ4n) is 3.38. The first kappa shape index (κ1) is 17.9. The van der Waals surface area contributed by atoms with Crippen LogP contribution in [0.25, 0.3) is 0 Å². The van der Waals surface area contributed by atoms with E-state index in [1.807, 2.05) is 84.9 Å². The van der Waals surface area contributed by atoms with Crippen LogP contribution < -0.4 is 0 Å². The maximum Gasteiger partial charge on any atom is 0.252 e. The Morgan fingerprint density at radius 2 is 1.43 bits per heavy atom. The van der Waals surface area contributed by atoms with E-state index in [9.17, 15) is 4.79 Å². The Hall–Kier alpha value is -3.46. The lowest BCUT2D eigenvalue weighted by atomic mass is 10.0. The molecule has 0 N–H and O–H groups in total. The fourth-order valence-corrected chi connectivity index (χ4v) is 3.38. The predicted octanol–water partition coefficient (Wildman–Crippen LogP) is 5.16. The number of benzene rings is 3. The minimum Gasteiger partial charge on any atom is -0.289 e. The summed E-state index contributed by atoms with van der Waals surface area (Å²) in [7, 11) is 0. The lowest BCUT2D eigenvalue weighted by Gasteiger charge is -2.27. The summed E-state index contributed by atoms with van der Waals surface area (Å²) in [6, 6.07) is 30.2. The number of amidine groups is 1. The minimum atomic E-state index is -0.0435. The van der Waals surface area contributed by atoms with E-state index in [0.29, 0.717) is 18.8 Å². The molecule has 0 saturated heterocycles. The molecule has 0 saturated carbocycles. The van der Waals surface area contributed by atoms with Gasteiger partial charge in [-0.25, -0.2) is 0 Å². The summed E-state index contributed by atoms with van der Waals surface area (Å²) >= 11 is 0. The van der Waals surface area contributed by atoms with E-state index in [-0.39, 0.29) is 11.9 Å². The molecule has 1 atom stereocenters. The van der Waals surface area contributed by atoms with Gasteiger partial charge in [-0.2, -0.15) is 0 Å². The zero-order valence-electron chi connectivity index (χ0n) is 15.6. The van der Waals surface area contributed by atoms with E-state index in [1.165, 1.54) is 0 Å². The van der Waals surface area contributed by atoms with Crippen LogP contribution in [-0.2, 0) is 11.3 Å². The number of amides is 1. The number of aliphatic imine (C=N–C) groups is 1. The first-order chi connectivity index (χ1) is 13.8. The number of rotatable bonds is 4. The zero-order valence-corrected chi connectivity index (χ0v) is 15.6. The molecule has 28 heavy (non-hydrogen) atoms. The van der Waals surface area contributed by atoms with Gasteiger partial charge >= 0.3 is 0 Å². The molecule has 3 heteroatoms. The quantitative estimate of drug-likeness (QED) is 0.627. The minimum absolute atomic E-state index is 0.0287. The summed E-state index contributed by atoms with van der Waals surface area (Å²) in [6.45, 7) is 0.485. The average molecular weight is 366 g/mol. The summed E-state index contributed by atoms with van der Waals surface area (Å²) in [4.78, 5) is 19.8. The van der Waals surface area contributed by atoms with Crippen LogP contribution in [0.4, 0.5) is 0 Å². The predicted molar refractivity (Wildman–Crippen MR) is 113 cm³/mol. The molecule has 0 fully saturated rings. The molecule has 3 aromatic carbocycles. The molecule has 1 amide bonds. The maximum atomic E-state index is 13.0. The van der Waals surface area contributed by atoms with Gasteiger partial charge in [-0.05, 0) is 23.6 Å². The molecule has 0 radical (unpaired) electrons. The number of carbonyl (C=O) groups excluding carboxylic acids is 1. The van der Waals surface area contributed by atoms with Crippen molar-refractivity contribution in [2.75, 3.05) is 0 Å². The molecular formula is C25H22N2O. The molecule has 1 heterocycles. The molecule has 1 aliphatic rings. The van der Waals surface area contributed by atoms with Gasteiger partial charge in [0.25, 0.3) is 5.91 Å². The smallest absolute Gasteiger partial charge is 0.252 e. The number of nitrogens with zero attached hydrogens (tertiary/aromatic N) is 2. The van der Waals surface area contributed by atoms with E-state index < -0.39 is 0 Å². The van der Waals surface area contributed by atoms with E-state index in [0.717, 1.165) is 16.7 Å². The highest BCUT2D eigenvalue weighted by atomic mass is 16.2. The Labute approximate surface area is 165 Å². The number of carbonyl (C=O) groups is 1. The van der Waals surface area contributed by atoms with Gasteiger partial charge in [-0.3, -0.25) is 14.7 Å². The summed E-state index contributed by atoms with van der Waals surface area (Å²) in [5, 5.41) is 0. The molecule has 1 unspecified atom stereocenters. The molecule has 3 nitrogen and oxygen atoms in total. The van der Waals surface area contributed by atoms with Crippen LogP contribution in [0, 0.1) is 0 Å². The second-order valence-corrected chi connectivity index (χ2v) is 6.79. The molecule has 4 rings (SSSR count). The highest BCUT2D eigenvalue weighted by molar-refractivity contribution is 6.10. The van der Waals surface area contributed by atoms with Crippen LogP contribution in [0.3, 0.4) is 0 Å². The first-order valence-electron chi connectivity index (χ1n) is 9.51. The van der Waals surface area contributed by atoms with Crippen molar-refractivity contribution in [3.05, 3.63) is 120 Å². The van der Waals surface area contributed by atoms with Gasteiger partial charge in [0.1, 0.15) is 5.84 Å². The topological polar surface area (TPSA) is 32.7 Å². The monoisotopic (exact) mass is 366 g/mol. The first-order valence-corrected chi connectivity index (χ1v) is 9.51. The molecule has 0 aliphatic carbocycles. The SMILES string of the molecule is O=C1/C=C\CC(c2ccccc2)N=C(c2ccccc2)N1Cc1ccccc1.